The molecule has 0 aliphatic heterocycles. The van der Waals surface area contributed by atoms with Gasteiger partial charge in [-0.15, -0.1) is 10.2 Å². The van der Waals surface area contributed by atoms with E-state index in [1.54, 1.807) is 6.07 Å². The van der Waals surface area contributed by atoms with Crippen LogP contribution in [0.25, 0.3) is 0 Å². The molecule has 1 aromatic carbocycles. The normalized spacial score (nSPS) is 14.7. The molecule has 2 aromatic rings. The SMILES string of the molecule is NS(=O)(=O)c1cccc(NC(=O)CSc2nnc(C3CC3)o2)c1. The number of hydrogen-bond donors (Lipinski definition) is 2. The average Bonchev–Trinajstić information content (AvgIpc) is 3.23. The third-order valence-electron chi connectivity index (χ3n) is 3.12. The summed E-state index contributed by atoms with van der Waals surface area (Å²) in [4.78, 5) is 11.8. The number of nitrogens with one attached hydrogen (secondary N) is 1. The minimum atomic E-state index is -3.81. The molecule has 8 nitrogen and oxygen atoms in total. The number of benzene rings is 1. The number of aromatic nitrogens is 2. The maximum Gasteiger partial charge on any atom is 0.277 e. The van der Waals surface area contributed by atoms with Gasteiger partial charge in [-0.05, 0) is 31.0 Å². The van der Waals surface area contributed by atoms with Crippen molar-refractivity contribution in [3.8, 4) is 0 Å². The zero-order valence-electron chi connectivity index (χ0n) is 11.9. The second kappa shape index (κ2) is 6.30. The Morgan fingerprint density at radius 2 is 2.17 bits per heavy atom. The Bertz CT molecular complexity index is 830. The minimum absolute atomic E-state index is 0.0612. The highest BCUT2D eigenvalue weighted by Gasteiger charge is 2.29. The van der Waals surface area contributed by atoms with Crippen LogP contribution in [0, 0.1) is 0 Å². The number of carbonyl (C=O) groups is 1. The lowest BCUT2D eigenvalue weighted by atomic mass is 10.3. The highest BCUT2D eigenvalue weighted by atomic mass is 32.2. The van der Waals surface area contributed by atoms with E-state index < -0.39 is 10.0 Å². The monoisotopic (exact) mass is 354 g/mol. The first-order valence-corrected chi connectivity index (χ1v) is 9.34. The second-order valence-electron chi connectivity index (χ2n) is 5.09. The molecule has 0 saturated heterocycles. The van der Waals surface area contributed by atoms with Crippen molar-refractivity contribution >= 4 is 33.4 Å². The molecule has 3 rings (SSSR count). The number of sulfonamides is 1. The third-order valence-corrected chi connectivity index (χ3v) is 4.85. The van der Waals surface area contributed by atoms with Gasteiger partial charge in [0.15, 0.2) is 0 Å². The van der Waals surface area contributed by atoms with E-state index in [9.17, 15) is 13.2 Å². The Labute approximate surface area is 136 Å². The first kappa shape index (κ1) is 16.0. The number of amides is 1. The molecule has 1 saturated carbocycles. The molecule has 23 heavy (non-hydrogen) atoms. The molecule has 1 aromatic heterocycles. The van der Waals surface area contributed by atoms with Gasteiger partial charge in [0.05, 0.1) is 10.6 Å². The van der Waals surface area contributed by atoms with E-state index in [-0.39, 0.29) is 16.6 Å². The standard InChI is InChI=1S/C13H14N4O4S2/c14-23(19,20)10-3-1-2-9(6-10)15-11(18)7-22-13-17-16-12(21-13)8-4-5-8/h1-3,6,8H,4-5,7H2,(H,15,18)(H2,14,19,20). The maximum absolute atomic E-state index is 11.9. The summed E-state index contributed by atoms with van der Waals surface area (Å²) in [5, 5.41) is 15.8. The topological polar surface area (TPSA) is 128 Å². The summed E-state index contributed by atoms with van der Waals surface area (Å²) >= 11 is 1.13. The van der Waals surface area contributed by atoms with Crippen LogP contribution in [0.15, 0.2) is 38.8 Å². The fraction of sp³-hybridized carbons (Fsp3) is 0.308. The predicted octanol–water partition coefficient (Wildman–Crippen LogP) is 1.33. The lowest BCUT2D eigenvalue weighted by Gasteiger charge is -2.05. The van der Waals surface area contributed by atoms with Crippen LogP contribution in [0.4, 0.5) is 5.69 Å². The van der Waals surface area contributed by atoms with Gasteiger partial charge < -0.3 is 9.73 Å². The van der Waals surface area contributed by atoms with Crippen molar-refractivity contribution in [2.24, 2.45) is 5.14 Å². The van der Waals surface area contributed by atoms with Crippen molar-refractivity contribution < 1.29 is 17.6 Å². The van der Waals surface area contributed by atoms with E-state index in [0.29, 0.717) is 22.7 Å². The number of nitrogens with zero attached hydrogens (tertiary/aromatic N) is 2. The van der Waals surface area contributed by atoms with E-state index in [2.05, 4.69) is 15.5 Å². The van der Waals surface area contributed by atoms with Crippen LogP contribution >= 0.6 is 11.8 Å². The zero-order chi connectivity index (χ0) is 16.4. The Balaban J connectivity index is 1.56. The van der Waals surface area contributed by atoms with E-state index >= 15 is 0 Å². The number of carbonyl (C=O) groups excluding carboxylic acids is 1. The van der Waals surface area contributed by atoms with Crippen molar-refractivity contribution in [1.29, 1.82) is 0 Å². The highest BCUT2D eigenvalue weighted by Crippen LogP contribution is 2.39. The van der Waals surface area contributed by atoms with Gasteiger partial charge in [0.2, 0.25) is 21.8 Å². The fourth-order valence-electron chi connectivity index (χ4n) is 1.85. The summed E-state index contributed by atoms with van der Waals surface area (Å²) in [6.07, 6.45) is 2.13. The van der Waals surface area contributed by atoms with Gasteiger partial charge in [-0.3, -0.25) is 4.79 Å². The summed E-state index contributed by atoms with van der Waals surface area (Å²) in [5.74, 6) is 0.749. The van der Waals surface area contributed by atoms with Crippen molar-refractivity contribution in [2.75, 3.05) is 11.1 Å². The highest BCUT2D eigenvalue weighted by molar-refractivity contribution is 7.99. The quantitative estimate of drug-likeness (QED) is 0.749. The zero-order valence-corrected chi connectivity index (χ0v) is 13.6. The van der Waals surface area contributed by atoms with Crippen LogP contribution in [0.2, 0.25) is 0 Å². The number of rotatable bonds is 6. The summed E-state index contributed by atoms with van der Waals surface area (Å²) < 4.78 is 28.0. The van der Waals surface area contributed by atoms with Crippen molar-refractivity contribution in [3.05, 3.63) is 30.2 Å². The Hall–Kier alpha value is -1.91. The molecule has 0 bridgehead atoms. The number of primary sulfonamides is 1. The molecular formula is C13H14N4O4S2. The molecule has 3 N–H and O–H groups in total. The van der Waals surface area contributed by atoms with Crippen molar-refractivity contribution in [1.82, 2.24) is 10.2 Å². The lowest BCUT2D eigenvalue weighted by Crippen LogP contribution is -2.16. The number of hydrogen-bond acceptors (Lipinski definition) is 7. The lowest BCUT2D eigenvalue weighted by molar-refractivity contribution is -0.113. The molecule has 1 aliphatic rings. The molecule has 0 atom stereocenters. The van der Waals surface area contributed by atoms with Gasteiger partial charge in [-0.2, -0.15) is 0 Å². The van der Waals surface area contributed by atoms with Gasteiger partial charge in [0, 0.05) is 11.6 Å². The van der Waals surface area contributed by atoms with Crippen LogP contribution in [0.1, 0.15) is 24.7 Å². The summed E-state index contributed by atoms with van der Waals surface area (Å²) in [5.41, 5.74) is 0.353. The second-order valence-corrected chi connectivity index (χ2v) is 7.58. The molecule has 1 amide bonds. The number of anilines is 1. The molecule has 0 radical (unpaired) electrons. The largest absolute Gasteiger partial charge is 0.416 e. The molecular weight excluding hydrogens is 340 g/mol. The van der Waals surface area contributed by atoms with Gasteiger partial charge >= 0.3 is 0 Å². The van der Waals surface area contributed by atoms with Crippen LogP contribution in [0.5, 0.6) is 0 Å². The van der Waals surface area contributed by atoms with Crippen LogP contribution in [-0.4, -0.2) is 30.3 Å². The maximum atomic E-state index is 11.9. The third kappa shape index (κ3) is 4.30. The molecule has 1 fully saturated rings. The molecule has 1 aliphatic carbocycles. The van der Waals surface area contributed by atoms with Gasteiger partial charge in [0.25, 0.3) is 5.22 Å². The van der Waals surface area contributed by atoms with E-state index in [1.807, 2.05) is 0 Å². The van der Waals surface area contributed by atoms with E-state index in [4.69, 9.17) is 9.56 Å². The van der Waals surface area contributed by atoms with Crippen LogP contribution in [0.3, 0.4) is 0 Å². The summed E-state index contributed by atoms with van der Waals surface area (Å²) in [6.45, 7) is 0. The molecule has 0 unspecified atom stereocenters. The fourth-order valence-corrected chi connectivity index (χ4v) is 2.98. The Morgan fingerprint density at radius 3 is 2.87 bits per heavy atom. The number of nitrogens with two attached hydrogens (primary N) is 1. The van der Waals surface area contributed by atoms with Gasteiger partial charge in [-0.1, -0.05) is 17.8 Å². The van der Waals surface area contributed by atoms with Crippen molar-refractivity contribution in [2.45, 2.75) is 28.9 Å². The van der Waals surface area contributed by atoms with E-state index in [0.717, 1.165) is 24.6 Å². The van der Waals surface area contributed by atoms with Crippen LogP contribution < -0.4 is 10.5 Å². The van der Waals surface area contributed by atoms with Gasteiger partial charge in [0.1, 0.15) is 0 Å². The van der Waals surface area contributed by atoms with E-state index in [1.165, 1.54) is 18.2 Å². The summed E-state index contributed by atoms with van der Waals surface area (Å²) in [7, 11) is -3.81. The van der Waals surface area contributed by atoms with Gasteiger partial charge in [-0.25, -0.2) is 13.6 Å². The Morgan fingerprint density at radius 1 is 1.39 bits per heavy atom. The molecule has 10 heteroatoms. The Kier molecular flexibility index (Phi) is 4.37. The molecule has 122 valence electrons. The predicted molar refractivity (Wildman–Crippen MR) is 83.4 cm³/mol. The minimum Gasteiger partial charge on any atom is -0.416 e. The summed E-state index contributed by atoms with van der Waals surface area (Å²) in [6, 6.07) is 5.74. The first-order valence-electron chi connectivity index (χ1n) is 6.81. The van der Waals surface area contributed by atoms with Crippen molar-refractivity contribution in [3.63, 3.8) is 0 Å². The first-order chi connectivity index (χ1) is 10.9. The molecule has 1 heterocycles. The average molecular weight is 354 g/mol. The van der Waals surface area contributed by atoms with Crippen LogP contribution in [-0.2, 0) is 14.8 Å². The number of thioether (sulfide) groups is 1. The smallest absolute Gasteiger partial charge is 0.277 e. The molecule has 0 spiro atoms.